The van der Waals surface area contributed by atoms with Crippen LogP contribution in [0.5, 0.6) is 0 Å². The molecule has 5 N–H and O–H groups in total. The Morgan fingerprint density at radius 2 is 1.67 bits per heavy atom. The monoisotopic (exact) mass is 661 g/mol. The van der Waals surface area contributed by atoms with Gasteiger partial charge in [0.2, 0.25) is 23.6 Å². The maximum absolute atomic E-state index is 14.0. The number of nitrogens with one attached hydrogen (secondary N) is 2. The minimum Gasteiger partial charge on any atom is -0.445 e. The lowest BCUT2D eigenvalue weighted by atomic mass is 10.1. The molecule has 0 radical (unpaired) electrons. The van der Waals surface area contributed by atoms with Crippen LogP contribution in [0, 0.1) is 5.92 Å². The van der Waals surface area contributed by atoms with Gasteiger partial charge in [0.15, 0.2) is 8.32 Å². The molecule has 0 saturated carbocycles. The molecular weight excluding hydrogens is 610 g/mol. The summed E-state index contributed by atoms with van der Waals surface area (Å²) < 4.78 is 11.9. The molecule has 256 valence electrons. The molecular formula is C32H51N5O8Si. The molecule has 2 aliphatic heterocycles. The fourth-order valence-electron chi connectivity index (χ4n) is 5.56. The topological polar surface area (TPSA) is 181 Å². The predicted molar refractivity (Wildman–Crippen MR) is 174 cm³/mol. The van der Waals surface area contributed by atoms with Gasteiger partial charge >= 0.3 is 6.09 Å². The molecule has 46 heavy (non-hydrogen) atoms. The Balaban J connectivity index is 1.71. The van der Waals surface area contributed by atoms with Crippen molar-refractivity contribution in [3.63, 3.8) is 0 Å². The number of benzene rings is 1. The van der Waals surface area contributed by atoms with Crippen molar-refractivity contribution in [2.45, 2.75) is 109 Å². The first-order chi connectivity index (χ1) is 21.4. The van der Waals surface area contributed by atoms with Gasteiger partial charge in [0.1, 0.15) is 24.7 Å². The predicted octanol–water partition coefficient (Wildman–Crippen LogP) is 1.88. The molecule has 13 nitrogen and oxygen atoms in total. The zero-order valence-corrected chi connectivity index (χ0v) is 29.1. The second-order valence-electron chi connectivity index (χ2n) is 13.9. The number of hydrogen-bond donors (Lipinski definition) is 4. The number of likely N-dealkylation sites (tertiary alicyclic amines) is 2. The van der Waals surface area contributed by atoms with Crippen LogP contribution >= 0.6 is 0 Å². The Labute approximate surface area is 272 Å². The van der Waals surface area contributed by atoms with E-state index in [1.807, 2.05) is 30.3 Å². The van der Waals surface area contributed by atoms with Crippen LogP contribution < -0.4 is 16.4 Å². The first-order valence-electron chi connectivity index (χ1n) is 15.9. The van der Waals surface area contributed by atoms with Crippen molar-refractivity contribution in [3.05, 3.63) is 35.9 Å². The summed E-state index contributed by atoms with van der Waals surface area (Å²) in [4.78, 5) is 68.3. The summed E-state index contributed by atoms with van der Waals surface area (Å²) in [5, 5.41) is 14.9. The molecule has 0 unspecified atom stereocenters. The SMILES string of the molecule is C[C@@H](O)[C@H](NC(=O)[C@@H]1CCCN1C(=O)[C@@H]1CCN(C(=O)[C@@H](NC(=O)OCc2ccccc2)[C@@H](C)O[Si](C)(C)C(C)(C)C)C1)C(N)=O. The van der Waals surface area contributed by atoms with Gasteiger partial charge < -0.3 is 40.4 Å². The first kappa shape index (κ1) is 37.0. The lowest BCUT2D eigenvalue weighted by Gasteiger charge is -2.40. The van der Waals surface area contributed by atoms with Crippen LogP contribution in [0.2, 0.25) is 18.1 Å². The van der Waals surface area contributed by atoms with Crippen LogP contribution in [0.1, 0.15) is 59.4 Å². The lowest BCUT2D eigenvalue weighted by molar-refractivity contribution is -0.142. The number of carbonyl (C=O) groups is 5. The van der Waals surface area contributed by atoms with E-state index in [4.69, 9.17) is 14.9 Å². The van der Waals surface area contributed by atoms with Gasteiger partial charge in [-0.1, -0.05) is 51.1 Å². The lowest BCUT2D eigenvalue weighted by Crippen LogP contribution is -2.57. The van der Waals surface area contributed by atoms with Crippen molar-refractivity contribution in [1.82, 2.24) is 20.4 Å². The van der Waals surface area contributed by atoms with Crippen molar-refractivity contribution in [3.8, 4) is 0 Å². The fourth-order valence-corrected chi connectivity index (χ4v) is 6.98. The van der Waals surface area contributed by atoms with E-state index >= 15 is 0 Å². The minimum absolute atomic E-state index is 0.0350. The third kappa shape index (κ3) is 9.29. The van der Waals surface area contributed by atoms with Crippen molar-refractivity contribution in [1.29, 1.82) is 0 Å². The molecule has 6 atom stereocenters. The highest BCUT2D eigenvalue weighted by Gasteiger charge is 2.45. The van der Waals surface area contributed by atoms with E-state index in [9.17, 15) is 29.1 Å². The van der Waals surface area contributed by atoms with Gasteiger partial charge in [-0.2, -0.15) is 0 Å². The molecule has 0 aliphatic carbocycles. The van der Waals surface area contributed by atoms with Crippen LogP contribution in [0.4, 0.5) is 4.79 Å². The van der Waals surface area contributed by atoms with E-state index in [0.29, 0.717) is 25.8 Å². The van der Waals surface area contributed by atoms with Crippen LogP contribution in [0.3, 0.4) is 0 Å². The first-order valence-corrected chi connectivity index (χ1v) is 18.9. The number of nitrogens with zero attached hydrogens (tertiary/aromatic N) is 2. The quantitative estimate of drug-likeness (QED) is 0.245. The van der Waals surface area contributed by atoms with Gasteiger partial charge in [-0.3, -0.25) is 19.2 Å². The highest BCUT2D eigenvalue weighted by molar-refractivity contribution is 6.74. The van der Waals surface area contributed by atoms with Gasteiger partial charge in [0.05, 0.1) is 18.1 Å². The number of nitrogens with two attached hydrogens (primary N) is 1. The molecule has 2 aliphatic rings. The Hall–Kier alpha value is -3.49. The number of hydrogen-bond acceptors (Lipinski definition) is 8. The average Bonchev–Trinajstić information content (AvgIpc) is 3.67. The number of aliphatic hydroxyl groups excluding tert-OH is 1. The number of amides is 5. The molecule has 1 aromatic rings. The summed E-state index contributed by atoms with van der Waals surface area (Å²) in [5.74, 6) is -2.63. The third-order valence-corrected chi connectivity index (χ3v) is 13.9. The zero-order valence-electron chi connectivity index (χ0n) is 28.1. The second-order valence-corrected chi connectivity index (χ2v) is 18.6. The van der Waals surface area contributed by atoms with Gasteiger partial charge in [0, 0.05) is 19.6 Å². The fraction of sp³-hybridized carbons (Fsp3) is 0.656. The summed E-state index contributed by atoms with van der Waals surface area (Å²) in [6, 6.07) is 6.07. The van der Waals surface area contributed by atoms with Crippen LogP contribution in [0.25, 0.3) is 0 Å². The Morgan fingerprint density at radius 1 is 1.02 bits per heavy atom. The average molecular weight is 662 g/mol. The van der Waals surface area contributed by atoms with Crippen LogP contribution in [-0.4, -0.2) is 103 Å². The van der Waals surface area contributed by atoms with Crippen molar-refractivity contribution in [2.24, 2.45) is 11.7 Å². The van der Waals surface area contributed by atoms with Gasteiger partial charge in [0.25, 0.3) is 0 Å². The number of rotatable bonds is 12. The maximum Gasteiger partial charge on any atom is 0.408 e. The summed E-state index contributed by atoms with van der Waals surface area (Å²) in [6.07, 6.45) is -1.24. The van der Waals surface area contributed by atoms with E-state index < -0.39 is 62.5 Å². The smallest absolute Gasteiger partial charge is 0.408 e. The minimum atomic E-state index is -2.34. The van der Waals surface area contributed by atoms with Crippen molar-refractivity contribution >= 4 is 38.0 Å². The molecule has 3 rings (SSSR count). The number of ether oxygens (including phenoxy) is 1. The standard InChI is InChI=1S/C32H51N5O8Si/c1-20(38)25(27(33)39)34-28(40)24-14-11-16-37(24)29(41)23-15-17-36(18-23)30(42)26(21(2)45-46(6,7)32(3,4)5)35-31(43)44-19-22-12-9-8-10-13-22/h8-10,12-13,20-21,23-26,38H,11,14-19H2,1-7H3,(H2,33,39)(H,34,40)(H,35,43)/t20-,21-,23-,24+,25+,26+/m1/s1. The van der Waals surface area contributed by atoms with Crippen LogP contribution in [-0.2, 0) is 34.9 Å². The van der Waals surface area contributed by atoms with Gasteiger partial charge in [-0.25, -0.2) is 4.79 Å². The third-order valence-electron chi connectivity index (χ3n) is 9.28. The highest BCUT2D eigenvalue weighted by atomic mass is 28.4. The van der Waals surface area contributed by atoms with E-state index in [-0.39, 0.29) is 36.5 Å². The van der Waals surface area contributed by atoms with Gasteiger partial charge in [-0.05, 0) is 56.8 Å². The highest BCUT2D eigenvalue weighted by Crippen LogP contribution is 2.38. The number of primary amides is 1. The summed E-state index contributed by atoms with van der Waals surface area (Å²) in [6.45, 7) is 14.3. The largest absolute Gasteiger partial charge is 0.445 e. The van der Waals surface area contributed by atoms with E-state index in [1.165, 1.54) is 11.8 Å². The van der Waals surface area contributed by atoms with E-state index in [0.717, 1.165) is 5.56 Å². The van der Waals surface area contributed by atoms with E-state index in [2.05, 4.69) is 44.5 Å². The van der Waals surface area contributed by atoms with Crippen LogP contribution in [0.15, 0.2) is 30.3 Å². The number of alkyl carbamates (subject to hydrolysis) is 1. The molecule has 2 saturated heterocycles. The maximum atomic E-state index is 14.0. The Morgan fingerprint density at radius 3 is 2.26 bits per heavy atom. The van der Waals surface area contributed by atoms with Crippen molar-refractivity contribution in [2.75, 3.05) is 19.6 Å². The summed E-state index contributed by atoms with van der Waals surface area (Å²) >= 11 is 0. The summed E-state index contributed by atoms with van der Waals surface area (Å²) in [7, 11) is -2.34. The molecule has 2 fully saturated rings. The van der Waals surface area contributed by atoms with Gasteiger partial charge in [-0.15, -0.1) is 0 Å². The molecule has 14 heteroatoms. The summed E-state index contributed by atoms with van der Waals surface area (Å²) in [5.41, 5.74) is 6.13. The number of aliphatic hydroxyl groups is 1. The normalized spacial score (nSPS) is 21.2. The Bertz CT molecular complexity index is 1250. The second kappa shape index (κ2) is 15.4. The molecule has 5 amide bonds. The molecule has 1 aromatic carbocycles. The Kier molecular flexibility index (Phi) is 12.4. The zero-order chi connectivity index (χ0) is 34.4. The molecule has 2 heterocycles. The molecule has 0 aromatic heterocycles. The van der Waals surface area contributed by atoms with E-state index in [1.54, 1.807) is 11.8 Å². The van der Waals surface area contributed by atoms with Crippen molar-refractivity contribution < 1.29 is 38.2 Å². The number of carbonyl (C=O) groups excluding carboxylic acids is 5. The molecule has 0 bridgehead atoms. The molecule has 0 spiro atoms.